The van der Waals surface area contributed by atoms with Gasteiger partial charge in [0, 0.05) is 25.7 Å². The normalized spacial score (nSPS) is 12.0. The number of hydrogen-bond acceptors (Lipinski definition) is 5. The Bertz CT molecular complexity index is 1120. The summed E-state index contributed by atoms with van der Waals surface area (Å²) < 4.78 is 27.5. The molecular weight excluding hydrogens is 430 g/mol. The van der Waals surface area contributed by atoms with E-state index in [4.69, 9.17) is 0 Å². The van der Waals surface area contributed by atoms with Crippen molar-refractivity contribution >= 4 is 27.3 Å². The van der Waals surface area contributed by atoms with E-state index in [1.54, 1.807) is 29.7 Å². The molecule has 3 aromatic rings. The molecule has 0 aliphatic rings. The first-order chi connectivity index (χ1) is 14.7. The predicted molar refractivity (Wildman–Crippen MR) is 124 cm³/mol. The summed E-state index contributed by atoms with van der Waals surface area (Å²) >= 11 is 1.59. The van der Waals surface area contributed by atoms with E-state index >= 15 is 0 Å². The largest absolute Gasteiger partial charge is 0.352 e. The van der Waals surface area contributed by atoms with E-state index < -0.39 is 10.0 Å². The average molecular weight is 458 g/mol. The number of pyridine rings is 1. The molecule has 1 aromatic carbocycles. The fraction of sp³-hybridized carbons (Fsp3) is 0.304. The maximum absolute atomic E-state index is 12.5. The lowest BCUT2D eigenvalue weighted by molar-refractivity contribution is -0.121. The number of thiophene rings is 1. The van der Waals surface area contributed by atoms with E-state index in [1.807, 2.05) is 41.8 Å². The number of amides is 1. The molecule has 0 unspecified atom stereocenters. The molecule has 0 fully saturated rings. The molecule has 0 spiro atoms. The number of sulfonamides is 1. The van der Waals surface area contributed by atoms with E-state index in [0.29, 0.717) is 6.54 Å². The lowest BCUT2D eigenvalue weighted by atomic mass is 9.87. The Morgan fingerprint density at radius 1 is 1.06 bits per heavy atom. The van der Waals surface area contributed by atoms with Crippen LogP contribution in [0.2, 0.25) is 0 Å². The van der Waals surface area contributed by atoms with Gasteiger partial charge in [-0.2, -0.15) is 0 Å². The van der Waals surface area contributed by atoms with Crippen LogP contribution in [-0.2, 0) is 26.8 Å². The molecule has 0 atom stereocenters. The number of aromatic nitrogens is 1. The highest BCUT2D eigenvalue weighted by molar-refractivity contribution is 7.89. The Hall–Kier alpha value is -2.55. The summed E-state index contributed by atoms with van der Waals surface area (Å²) in [5.74, 6) is -0.230. The van der Waals surface area contributed by atoms with Gasteiger partial charge in [0.15, 0.2) is 0 Å². The van der Waals surface area contributed by atoms with Gasteiger partial charge >= 0.3 is 0 Å². The van der Waals surface area contributed by atoms with Crippen LogP contribution in [0.3, 0.4) is 0 Å². The van der Waals surface area contributed by atoms with E-state index in [1.165, 1.54) is 0 Å². The minimum absolute atomic E-state index is 0.0278. The van der Waals surface area contributed by atoms with Gasteiger partial charge in [-0.05, 0) is 46.2 Å². The highest BCUT2D eigenvalue weighted by Gasteiger charge is 2.18. The summed E-state index contributed by atoms with van der Waals surface area (Å²) in [6.07, 6.45) is 1.77. The summed E-state index contributed by atoms with van der Waals surface area (Å²) in [6.45, 7) is 6.58. The minimum Gasteiger partial charge on any atom is -0.352 e. The summed E-state index contributed by atoms with van der Waals surface area (Å²) in [4.78, 5) is 17.9. The lowest BCUT2D eigenvalue weighted by Crippen LogP contribution is -2.30. The third-order valence-corrected chi connectivity index (χ3v) is 7.15. The van der Waals surface area contributed by atoms with Crippen molar-refractivity contribution in [3.05, 3.63) is 71.2 Å². The molecule has 2 heterocycles. The third-order valence-electron chi connectivity index (χ3n) is 4.80. The predicted octanol–water partition coefficient (Wildman–Crippen LogP) is 4.09. The number of benzene rings is 1. The topological polar surface area (TPSA) is 88.2 Å². The van der Waals surface area contributed by atoms with Crippen LogP contribution in [0.25, 0.3) is 10.6 Å². The van der Waals surface area contributed by atoms with Gasteiger partial charge in [0.1, 0.15) is 0 Å². The van der Waals surface area contributed by atoms with Crippen molar-refractivity contribution in [3.8, 4) is 10.6 Å². The van der Waals surface area contributed by atoms with Crippen molar-refractivity contribution in [2.75, 3.05) is 6.54 Å². The molecule has 1 amide bonds. The van der Waals surface area contributed by atoms with Crippen LogP contribution in [-0.4, -0.2) is 25.9 Å². The van der Waals surface area contributed by atoms with Crippen LogP contribution < -0.4 is 10.0 Å². The molecule has 3 rings (SSSR count). The van der Waals surface area contributed by atoms with Gasteiger partial charge in [0.2, 0.25) is 15.9 Å². The fourth-order valence-corrected chi connectivity index (χ4v) is 4.80. The zero-order chi connectivity index (χ0) is 22.5. The fourth-order valence-electron chi connectivity index (χ4n) is 3.01. The van der Waals surface area contributed by atoms with Crippen molar-refractivity contribution in [2.24, 2.45) is 0 Å². The zero-order valence-electron chi connectivity index (χ0n) is 17.9. The molecule has 0 aliphatic heterocycles. The van der Waals surface area contributed by atoms with Crippen molar-refractivity contribution < 1.29 is 13.2 Å². The van der Waals surface area contributed by atoms with Gasteiger partial charge in [-0.3, -0.25) is 9.78 Å². The van der Waals surface area contributed by atoms with E-state index in [2.05, 4.69) is 35.8 Å². The molecule has 8 heteroatoms. The van der Waals surface area contributed by atoms with Crippen molar-refractivity contribution in [1.82, 2.24) is 15.0 Å². The molecule has 31 heavy (non-hydrogen) atoms. The molecule has 0 radical (unpaired) electrons. The molecule has 0 aliphatic carbocycles. The zero-order valence-corrected chi connectivity index (χ0v) is 19.5. The van der Waals surface area contributed by atoms with Crippen LogP contribution in [0.1, 0.15) is 38.3 Å². The van der Waals surface area contributed by atoms with E-state index in [0.717, 1.165) is 21.7 Å². The Morgan fingerprint density at radius 2 is 1.81 bits per heavy atom. The van der Waals surface area contributed by atoms with Crippen molar-refractivity contribution in [3.63, 3.8) is 0 Å². The standard InChI is InChI=1S/C23H27N3O3S2/c1-23(2,3)18-8-10-19(11-9-18)31(28,29)26-14-12-21(27)25-16-17-6-4-13-24-22(17)20-7-5-15-30-20/h4-11,13,15,26H,12,14,16H2,1-3H3,(H,25,27). The van der Waals surface area contributed by atoms with Crippen LogP contribution in [0.4, 0.5) is 0 Å². The molecule has 0 saturated heterocycles. The second-order valence-corrected chi connectivity index (χ2v) is 10.9. The Balaban J connectivity index is 1.52. The Labute approximate surface area is 187 Å². The first-order valence-electron chi connectivity index (χ1n) is 10.0. The quantitative estimate of drug-likeness (QED) is 0.533. The minimum atomic E-state index is -3.66. The van der Waals surface area contributed by atoms with E-state index in [9.17, 15) is 13.2 Å². The monoisotopic (exact) mass is 457 g/mol. The molecule has 2 aromatic heterocycles. The summed E-state index contributed by atoms with van der Waals surface area (Å²) in [7, 11) is -3.66. The summed E-state index contributed by atoms with van der Waals surface area (Å²) in [5.41, 5.74) is 2.77. The van der Waals surface area contributed by atoms with Crippen molar-refractivity contribution in [2.45, 2.75) is 44.0 Å². The smallest absolute Gasteiger partial charge is 0.240 e. The third kappa shape index (κ3) is 6.22. The number of carbonyl (C=O) groups is 1. The first-order valence-corrected chi connectivity index (χ1v) is 12.4. The van der Waals surface area contributed by atoms with Crippen LogP contribution in [0.15, 0.2) is 65.0 Å². The molecule has 6 nitrogen and oxygen atoms in total. The van der Waals surface area contributed by atoms with Gasteiger partial charge < -0.3 is 5.32 Å². The Kier molecular flexibility index (Phi) is 7.25. The number of rotatable bonds is 8. The highest BCUT2D eigenvalue weighted by atomic mass is 32.2. The van der Waals surface area contributed by atoms with Crippen LogP contribution in [0.5, 0.6) is 0 Å². The van der Waals surface area contributed by atoms with Gasteiger partial charge in [0.05, 0.1) is 15.5 Å². The number of carbonyl (C=O) groups excluding carboxylic acids is 1. The van der Waals surface area contributed by atoms with E-state index in [-0.39, 0.29) is 29.2 Å². The Morgan fingerprint density at radius 3 is 2.45 bits per heavy atom. The van der Waals surface area contributed by atoms with Gasteiger partial charge in [-0.1, -0.05) is 45.0 Å². The average Bonchev–Trinajstić information content (AvgIpc) is 3.26. The maximum atomic E-state index is 12.5. The number of nitrogens with zero attached hydrogens (tertiary/aromatic N) is 1. The van der Waals surface area contributed by atoms with Gasteiger partial charge in [-0.15, -0.1) is 11.3 Å². The maximum Gasteiger partial charge on any atom is 0.240 e. The lowest BCUT2D eigenvalue weighted by Gasteiger charge is -2.19. The van der Waals surface area contributed by atoms with Crippen molar-refractivity contribution in [1.29, 1.82) is 0 Å². The second kappa shape index (κ2) is 9.72. The first kappa shape index (κ1) is 23.1. The highest BCUT2D eigenvalue weighted by Crippen LogP contribution is 2.26. The number of hydrogen-bond donors (Lipinski definition) is 2. The summed E-state index contributed by atoms with van der Waals surface area (Å²) in [6, 6.07) is 14.5. The molecule has 2 N–H and O–H groups in total. The van der Waals surface area contributed by atoms with Crippen LogP contribution in [0, 0.1) is 0 Å². The molecule has 164 valence electrons. The molecule has 0 bridgehead atoms. The van der Waals surface area contributed by atoms with Gasteiger partial charge in [-0.25, -0.2) is 13.1 Å². The SMILES string of the molecule is CC(C)(C)c1ccc(S(=O)(=O)NCCC(=O)NCc2cccnc2-c2cccs2)cc1. The van der Waals surface area contributed by atoms with Gasteiger partial charge in [0.25, 0.3) is 0 Å². The second-order valence-electron chi connectivity index (χ2n) is 8.19. The number of nitrogens with one attached hydrogen (secondary N) is 2. The summed E-state index contributed by atoms with van der Waals surface area (Å²) in [5, 5.41) is 4.82. The molecular formula is C23H27N3O3S2. The van der Waals surface area contributed by atoms with Crippen LogP contribution >= 0.6 is 11.3 Å². The molecule has 0 saturated carbocycles.